The highest BCUT2D eigenvalue weighted by Gasteiger charge is 1.93. The van der Waals surface area contributed by atoms with Crippen molar-refractivity contribution in [3.63, 3.8) is 0 Å². The van der Waals surface area contributed by atoms with Crippen molar-refractivity contribution in [2.75, 3.05) is 7.05 Å². The minimum atomic E-state index is 0.630. The Morgan fingerprint density at radius 1 is 1.21 bits per heavy atom. The molecule has 0 unspecified atom stereocenters. The maximum absolute atomic E-state index is 5.04. The lowest BCUT2D eigenvalue weighted by molar-refractivity contribution is 0.867. The first-order valence-corrected chi connectivity index (χ1v) is 4.81. The van der Waals surface area contributed by atoms with Crippen LogP contribution in [0.25, 0.3) is 0 Å². The molecule has 2 heteroatoms. The lowest BCUT2D eigenvalue weighted by Crippen LogP contribution is -2.03. The molecule has 0 aliphatic rings. The number of aliphatic imine (C=N–C) groups is 1. The van der Waals surface area contributed by atoms with Crippen molar-refractivity contribution in [3.8, 4) is 0 Å². The summed E-state index contributed by atoms with van der Waals surface area (Å²) in [5.74, 6) is 1.29. The van der Waals surface area contributed by atoms with Gasteiger partial charge in [-0.2, -0.15) is 0 Å². The standard InChI is InChI=1S/C9H12.C3H8N2/c1-8(2)9-6-4-3-5-7-9;1-3(4)5-2/h3-8H,1-2H3;1-2H3,(H2,4,5). The zero-order valence-electron chi connectivity index (χ0n) is 9.49. The fourth-order valence-corrected chi connectivity index (χ4v) is 0.838. The second-order valence-corrected chi connectivity index (χ2v) is 3.43. The molecule has 1 aromatic rings. The first-order chi connectivity index (χ1) is 6.57. The van der Waals surface area contributed by atoms with Crippen molar-refractivity contribution >= 4 is 5.84 Å². The number of nitrogens with two attached hydrogens (primary N) is 1. The van der Waals surface area contributed by atoms with Crippen LogP contribution in [0.2, 0.25) is 0 Å². The molecule has 1 rings (SSSR count). The molecule has 0 radical (unpaired) electrons. The van der Waals surface area contributed by atoms with Gasteiger partial charge in [0.15, 0.2) is 0 Å². The van der Waals surface area contributed by atoms with Gasteiger partial charge in [0, 0.05) is 7.05 Å². The molecule has 0 aliphatic heterocycles. The average Bonchev–Trinajstić information content (AvgIpc) is 2.20. The summed E-state index contributed by atoms with van der Waals surface area (Å²) >= 11 is 0. The summed E-state index contributed by atoms with van der Waals surface area (Å²) in [5, 5.41) is 0. The van der Waals surface area contributed by atoms with Crippen molar-refractivity contribution < 1.29 is 0 Å². The molecule has 2 N–H and O–H groups in total. The van der Waals surface area contributed by atoms with Gasteiger partial charge in [-0.1, -0.05) is 44.2 Å². The number of rotatable bonds is 1. The summed E-state index contributed by atoms with van der Waals surface area (Å²) in [6.45, 7) is 6.16. The van der Waals surface area contributed by atoms with Crippen LogP contribution in [0.4, 0.5) is 0 Å². The maximum atomic E-state index is 5.04. The third-order valence-electron chi connectivity index (χ3n) is 1.82. The molecule has 0 aromatic heterocycles. The summed E-state index contributed by atoms with van der Waals surface area (Å²) < 4.78 is 0. The highest BCUT2D eigenvalue weighted by Crippen LogP contribution is 2.11. The van der Waals surface area contributed by atoms with Crippen LogP contribution in [0.5, 0.6) is 0 Å². The van der Waals surface area contributed by atoms with E-state index in [-0.39, 0.29) is 0 Å². The molecule has 14 heavy (non-hydrogen) atoms. The Balaban J connectivity index is 0.000000292. The molecule has 78 valence electrons. The van der Waals surface area contributed by atoms with Crippen LogP contribution < -0.4 is 5.73 Å². The Bertz CT molecular complexity index is 259. The van der Waals surface area contributed by atoms with Crippen LogP contribution in [0.3, 0.4) is 0 Å². The molecule has 1 aromatic carbocycles. The Labute approximate surface area is 86.9 Å². The van der Waals surface area contributed by atoms with E-state index in [1.165, 1.54) is 5.56 Å². The lowest BCUT2D eigenvalue weighted by Gasteiger charge is -2.01. The van der Waals surface area contributed by atoms with Gasteiger partial charge in [-0.15, -0.1) is 0 Å². The van der Waals surface area contributed by atoms with Crippen molar-refractivity contribution in [2.24, 2.45) is 10.7 Å². The fraction of sp³-hybridized carbons (Fsp3) is 0.417. The third kappa shape index (κ3) is 6.23. The number of benzene rings is 1. The first kappa shape index (κ1) is 12.7. The van der Waals surface area contributed by atoms with Crippen LogP contribution in [-0.4, -0.2) is 12.9 Å². The summed E-state index contributed by atoms with van der Waals surface area (Å²) in [7, 11) is 1.66. The SMILES string of the molecule is CC(C)c1ccccc1.CN=C(C)N. The van der Waals surface area contributed by atoms with Crippen molar-refractivity contribution in [1.29, 1.82) is 0 Å². The molecule has 0 aliphatic carbocycles. The maximum Gasteiger partial charge on any atom is 0.0902 e. The minimum Gasteiger partial charge on any atom is -0.388 e. The molecule has 0 spiro atoms. The van der Waals surface area contributed by atoms with E-state index in [1.807, 2.05) is 6.07 Å². The number of hydrogen-bond donors (Lipinski definition) is 1. The van der Waals surface area contributed by atoms with Crippen LogP contribution in [0, 0.1) is 0 Å². The molecule has 0 saturated heterocycles. The predicted molar refractivity (Wildman–Crippen MR) is 63.8 cm³/mol. The first-order valence-electron chi connectivity index (χ1n) is 4.81. The van der Waals surface area contributed by atoms with E-state index in [0.29, 0.717) is 11.8 Å². The van der Waals surface area contributed by atoms with Gasteiger partial charge in [-0.3, -0.25) is 4.99 Å². The molecule has 0 saturated carbocycles. The van der Waals surface area contributed by atoms with Crippen LogP contribution >= 0.6 is 0 Å². The Kier molecular flexibility index (Phi) is 6.46. The topological polar surface area (TPSA) is 38.4 Å². The van der Waals surface area contributed by atoms with Gasteiger partial charge in [-0.25, -0.2) is 0 Å². The zero-order valence-corrected chi connectivity index (χ0v) is 9.49. The van der Waals surface area contributed by atoms with Crippen LogP contribution in [-0.2, 0) is 0 Å². The number of amidine groups is 1. The fourth-order valence-electron chi connectivity index (χ4n) is 0.838. The Morgan fingerprint density at radius 2 is 1.64 bits per heavy atom. The van der Waals surface area contributed by atoms with Crippen LogP contribution in [0.1, 0.15) is 32.3 Å². The van der Waals surface area contributed by atoms with Crippen LogP contribution in [0.15, 0.2) is 35.3 Å². The molecule has 0 atom stereocenters. The predicted octanol–water partition coefficient (Wildman–Crippen LogP) is 2.80. The lowest BCUT2D eigenvalue weighted by atomic mass is 10.0. The van der Waals surface area contributed by atoms with E-state index in [0.717, 1.165) is 0 Å². The monoisotopic (exact) mass is 192 g/mol. The van der Waals surface area contributed by atoms with Gasteiger partial charge in [0.1, 0.15) is 0 Å². The van der Waals surface area contributed by atoms with Crippen molar-refractivity contribution in [3.05, 3.63) is 35.9 Å². The van der Waals surface area contributed by atoms with E-state index in [2.05, 4.69) is 43.1 Å². The van der Waals surface area contributed by atoms with E-state index in [9.17, 15) is 0 Å². The van der Waals surface area contributed by atoms with Crippen molar-refractivity contribution in [1.82, 2.24) is 0 Å². The minimum absolute atomic E-state index is 0.630. The van der Waals surface area contributed by atoms with E-state index in [1.54, 1.807) is 14.0 Å². The molecule has 0 fully saturated rings. The summed E-state index contributed by atoms with van der Waals surface area (Å²) in [4.78, 5) is 3.58. The van der Waals surface area contributed by atoms with Gasteiger partial charge >= 0.3 is 0 Å². The second kappa shape index (κ2) is 7.13. The Hall–Kier alpha value is -1.31. The van der Waals surface area contributed by atoms with Gasteiger partial charge in [0.25, 0.3) is 0 Å². The summed E-state index contributed by atoms with van der Waals surface area (Å²) in [5.41, 5.74) is 6.46. The molecular weight excluding hydrogens is 172 g/mol. The third-order valence-corrected chi connectivity index (χ3v) is 1.82. The summed E-state index contributed by atoms with van der Waals surface area (Å²) in [6, 6.07) is 10.5. The smallest absolute Gasteiger partial charge is 0.0902 e. The van der Waals surface area contributed by atoms with E-state index in [4.69, 9.17) is 5.73 Å². The van der Waals surface area contributed by atoms with Gasteiger partial charge < -0.3 is 5.73 Å². The molecule has 0 heterocycles. The van der Waals surface area contributed by atoms with Gasteiger partial charge in [0.05, 0.1) is 5.84 Å². The largest absolute Gasteiger partial charge is 0.388 e. The van der Waals surface area contributed by atoms with Crippen molar-refractivity contribution in [2.45, 2.75) is 26.7 Å². The normalized spacial score (nSPS) is 10.8. The summed E-state index contributed by atoms with van der Waals surface area (Å²) in [6.07, 6.45) is 0. The average molecular weight is 192 g/mol. The quantitative estimate of drug-likeness (QED) is 0.539. The van der Waals surface area contributed by atoms with E-state index >= 15 is 0 Å². The highest BCUT2D eigenvalue weighted by molar-refractivity contribution is 5.77. The van der Waals surface area contributed by atoms with Gasteiger partial charge in [-0.05, 0) is 18.4 Å². The van der Waals surface area contributed by atoms with E-state index < -0.39 is 0 Å². The Morgan fingerprint density at radius 3 is 1.86 bits per heavy atom. The highest BCUT2D eigenvalue weighted by atomic mass is 14.8. The zero-order chi connectivity index (χ0) is 11.0. The molecular formula is C12H20N2. The molecule has 0 bridgehead atoms. The number of hydrogen-bond acceptors (Lipinski definition) is 1. The van der Waals surface area contributed by atoms with Gasteiger partial charge in [0.2, 0.25) is 0 Å². The molecule has 2 nitrogen and oxygen atoms in total. The second-order valence-electron chi connectivity index (χ2n) is 3.43. The molecule has 0 amide bonds. The number of nitrogens with zero attached hydrogens (tertiary/aromatic N) is 1.